The summed E-state index contributed by atoms with van der Waals surface area (Å²) in [6.07, 6.45) is 2.40. The summed E-state index contributed by atoms with van der Waals surface area (Å²) < 4.78 is 0. The molecule has 1 aromatic heterocycles. The maximum atomic E-state index is 12.5. The number of amides is 2. The van der Waals surface area contributed by atoms with Gasteiger partial charge in [0.2, 0.25) is 0 Å². The van der Waals surface area contributed by atoms with Gasteiger partial charge in [-0.2, -0.15) is 0 Å². The standard InChI is InChI=1S/C20H25N3O2/c1-13(2)8-10-22-19(24)16-9-11-21-17(12-16)20(25)23-18-14(3)6-5-7-15(18)4/h5-7,9,11-13H,8,10H2,1-4H3,(H,22,24)(H,23,25). The lowest BCUT2D eigenvalue weighted by Crippen LogP contribution is -2.26. The summed E-state index contributed by atoms with van der Waals surface area (Å²) in [7, 11) is 0. The van der Waals surface area contributed by atoms with Gasteiger partial charge in [0.15, 0.2) is 0 Å². The van der Waals surface area contributed by atoms with Crippen molar-refractivity contribution in [1.82, 2.24) is 10.3 Å². The lowest BCUT2D eigenvalue weighted by Gasteiger charge is -2.11. The van der Waals surface area contributed by atoms with Crippen molar-refractivity contribution in [2.75, 3.05) is 11.9 Å². The highest BCUT2D eigenvalue weighted by atomic mass is 16.2. The van der Waals surface area contributed by atoms with Gasteiger partial charge in [0.25, 0.3) is 11.8 Å². The third-order valence-corrected chi connectivity index (χ3v) is 3.98. The summed E-state index contributed by atoms with van der Waals surface area (Å²) in [5.74, 6) is 0.00910. The first-order chi connectivity index (χ1) is 11.9. The number of nitrogens with zero attached hydrogens (tertiary/aromatic N) is 1. The Kier molecular flexibility index (Phi) is 6.28. The molecule has 1 aromatic carbocycles. The summed E-state index contributed by atoms with van der Waals surface area (Å²) in [6.45, 7) is 8.70. The minimum Gasteiger partial charge on any atom is -0.352 e. The second-order valence-electron chi connectivity index (χ2n) is 6.59. The Hall–Kier alpha value is -2.69. The molecule has 5 nitrogen and oxygen atoms in total. The number of pyridine rings is 1. The van der Waals surface area contributed by atoms with Crippen molar-refractivity contribution in [2.45, 2.75) is 34.1 Å². The summed E-state index contributed by atoms with van der Waals surface area (Å²) in [5.41, 5.74) is 3.40. The highest BCUT2D eigenvalue weighted by Gasteiger charge is 2.14. The van der Waals surface area contributed by atoms with Crippen LogP contribution in [0.1, 0.15) is 52.2 Å². The van der Waals surface area contributed by atoms with Gasteiger partial charge in [0, 0.05) is 24.0 Å². The summed E-state index contributed by atoms with van der Waals surface area (Å²) in [6, 6.07) is 8.96. The van der Waals surface area contributed by atoms with Crippen molar-refractivity contribution in [2.24, 2.45) is 5.92 Å². The van der Waals surface area contributed by atoms with E-state index in [1.54, 1.807) is 6.07 Å². The number of aromatic nitrogens is 1. The van der Waals surface area contributed by atoms with E-state index in [4.69, 9.17) is 0 Å². The Balaban J connectivity index is 2.10. The lowest BCUT2D eigenvalue weighted by atomic mass is 10.1. The Morgan fingerprint density at radius 2 is 1.76 bits per heavy atom. The predicted molar refractivity (Wildman–Crippen MR) is 99.9 cm³/mol. The summed E-state index contributed by atoms with van der Waals surface area (Å²) >= 11 is 0. The molecule has 0 aliphatic rings. The number of hydrogen-bond donors (Lipinski definition) is 2. The Labute approximate surface area is 148 Å². The van der Waals surface area contributed by atoms with Gasteiger partial charge < -0.3 is 10.6 Å². The first-order valence-corrected chi connectivity index (χ1v) is 8.50. The maximum absolute atomic E-state index is 12.5. The van der Waals surface area contributed by atoms with E-state index in [0.29, 0.717) is 18.0 Å². The topological polar surface area (TPSA) is 71.1 Å². The van der Waals surface area contributed by atoms with Gasteiger partial charge in [-0.1, -0.05) is 32.0 Å². The SMILES string of the molecule is Cc1cccc(C)c1NC(=O)c1cc(C(=O)NCCC(C)C)ccn1. The predicted octanol–water partition coefficient (Wildman–Crippen LogP) is 3.73. The molecular weight excluding hydrogens is 314 g/mol. The molecule has 2 N–H and O–H groups in total. The second-order valence-corrected chi connectivity index (χ2v) is 6.59. The smallest absolute Gasteiger partial charge is 0.274 e. The Bertz CT molecular complexity index is 749. The van der Waals surface area contributed by atoms with Crippen LogP contribution in [0, 0.1) is 19.8 Å². The molecule has 1 heterocycles. The average molecular weight is 339 g/mol. The van der Waals surface area contributed by atoms with Gasteiger partial charge in [0.1, 0.15) is 5.69 Å². The number of rotatable bonds is 6. The van der Waals surface area contributed by atoms with E-state index in [0.717, 1.165) is 23.2 Å². The molecule has 25 heavy (non-hydrogen) atoms. The summed E-state index contributed by atoms with van der Waals surface area (Å²) in [5, 5.41) is 5.75. The van der Waals surface area contributed by atoms with E-state index < -0.39 is 0 Å². The quantitative estimate of drug-likeness (QED) is 0.842. The van der Waals surface area contributed by atoms with Gasteiger partial charge in [0.05, 0.1) is 0 Å². The number of aryl methyl sites for hydroxylation is 2. The fourth-order valence-electron chi connectivity index (χ4n) is 2.46. The zero-order chi connectivity index (χ0) is 18.4. The average Bonchev–Trinajstić information content (AvgIpc) is 2.58. The van der Waals surface area contributed by atoms with Crippen LogP contribution < -0.4 is 10.6 Å². The van der Waals surface area contributed by atoms with E-state index in [1.165, 1.54) is 12.3 Å². The molecule has 0 spiro atoms. The molecule has 0 aliphatic heterocycles. The minimum absolute atomic E-state index is 0.191. The molecule has 0 fully saturated rings. The van der Waals surface area contributed by atoms with Gasteiger partial charge in [-0.3, -0.25) is 14.6 Å². The van der Waals surface area contributed by atoms with Crippen LogP contribution in [0.3, 0.4) is 0 Å². The number of para-hydroxylation sites is 1. The van der Waals surface area contributed by atoms with Crippen LogP contribution in [-0.4, -0.2) is 23.3 Å². The molecule has 0 unspecified atom stereocenters. The van der Waals surface area contributed by atoms with Crippen LogP contribution in [0.2, 0.25) is 0 Å². The number of hydrogen-bond acceptors (Lipinski definition) is 3. The van der Waals surface area contributed by atoms with Crippen LogP contribution in [0.4, 0.5) is 5.69 Å². The molecule has 2 amide bonds. The molecule has 2 rings (SSSR count). The second kappa shape index (κ2) is 8.42. The number of carbonyl (C=O) groups is 2. The fourth-order valence-corrected chi connectivity index (χ4v) is 2.46. The number of nitrogens with one attached hydrogen (secondary N) is 2. The van der Waals surface area contributed by atoms with E-state index in [1.807, 2.05) is 32.0 Å². The highest BCUT2D eigenvalue weighted by molar-refractivity contribution is 6.05. The number of carbonyl (C=O) groups excluding carboxylic acids is 2. The van der Waals surface area contributed by atoms with Crippen LogP contribution in [0.25, 0.3) is 0 Å². The molecule has 5 heteroatoms. The first-order valence-electron chi connectivity index (χ1n) is 8.50. The van der Waals surface area contributed by atoms with Crippen molar-refractivity contribution < 1.29 is 9.59 Å². The van der Waals surface area contributed by atoms with Crippen LogP contribution in [0.5, 0.6) is 0 Å². The van der Waals surface area contributed by atoms with Gasteiger partial charge in [-0.15, -0.1) is 0 Å². The van der Waals surface area contributed by atoms with Crippen molar-refractivity contribution in [1.29, 1.82) is 0 Å². The third kappa shape index (κ3) is 5.14. The van der Waals surface area contributed by atoms with Gasteiger partial charge in [-0.25, -0.2) is 0 Å². The summed E-state index contributed by atoms with van der Waals surface area (Å²) in [4.78, 5) is 28.8. The normalized spacial score (nSPS) is 10.6. The van der Waals surface area contributed by atoms with E-state index in [-0.39, 0.29) is 17.5 Å². The highest BCUT2D eigenvalue weighted by Crippen LogP contribution is 2.20. The van der Waals surface area contributed by atoms with E-state index in [2.05, 4.69) is 29.5 Å². The van der Waals surface area contributed by atoms with E-state index >= 15 is 0 Å². The van der Waals surface area contributed by atoms with Gasteiger partial charge >= 0.3 is 0 Å². The number of benzene rings is 1. The van der Waals surface area contributed by atoms with Crippen LogP contribution in [-0.2, 0) is 0 Å². The van der Waals surface area contributed by atoms with Crippen LogP contribution >= 0.6 is 0 Å². The van der Waals surface area contributed by atoms with Crippen molar-refractivity contribution >= 4 is 17.5 Å². The Morgan fingerprint density at radius 3 is 2.40 bits per heavy atom. The molecule has 132 valence electrons. The van der Waals surface area contributed by atoms with E-state index in [9.17, 15) is 9.59 Å². The maximum Gasteiger partial charge on any atom is 0.274 e. The molecular formula is C20H25N3O2. The lowest BCUT2D eigenvalue weighted by molar-refractivity contribution is 0.0952. The first kappa shape index (κ1) is 18.6. The van der Waals surface area contributed by atoms with Crippen LogP contribution in [0.15, 0.2) is 36.5 Å². The molecule has 0 saturated heterocycles. The molecule has 0 bridgehead atoms. The Morgan fingerprint density at radius 1 is 1.08 bits per heavy atom. The molecule has 0 saturated carbocycles. The number of anilines is 1. The minimum atomic E-state index is -0.325. The molecule has 0 atom stereocenters. The zero-order valence-corrected chi connectivity index (χ0v) is 15.2. The third-order valence-electron chi connectivity index (χ3n) is 3.98. The molecule has 2 aromatic rings. The van der Waals surface area contributed by atoms with Crippen molar-refractivity contribution in [3.8, 4) is 0 Å². The molecule has 0 radical (unpaired) electrons. The van der Waals surface area contributed by atoms with Crippen molar-refractivity contribution in [3.05, 3.63) is 58.9 Å². The monoisotopic (exact) mass is 339 g/mol. The molecule has 0 aliphatic carbocycles. The van der Waals surface area contributed by atoms with Crippen molar-refractivity contribution in [3.63, 3.8) is 0 Å². The fraction of sp³-hybridized carbons (Fsp3) is 0.350. The zero-order valence-electron chi connectivity index (χ0n) is 15.2. The van der Waals surface area contributed by atoms with Gasteiger partial charge in [-0.05, 0) is 49.4 Å². The largest absolute Gasteiger partial charge is 0.352 e.